The van der Waals surface area contributed by atoms with Gasteiger partial charge in [-0.1, -0.05) is 6.07 Å². The summed E-state index contributed by atoms with van der Waals surface area (Å²) in [4.78, 5) is 11.0. The SMILES string of the molecule is CS(=O)(=O)N(c1ccc(C#N)cc1)c1cccc(C(=O)O)c1. The number of rotatable bonds is 4. The lowest BCUT2D eigenvalue weighted by molar-refractivity contribution is 0.0697. The van der Waals surface area contributed by atoms with Gasteiger partial charge in [-0.15, -0.1) is 0 Å². The number of hydrogen-bond acceptors (Lipinski definition) is 4. The van der Waals surface area contributed by atoms with E-state index in [0.717, 1.165) is 10.6 Å². The predicted molar refractivity (Wildman–Crippen MR) is 81.5 cm³/mol. The van der Waals surface area contributed by atoms with Crippen molar-refractivity contribution < 1.29 is 18.3 Å². The molecule has 2 aromatic rings. The summed E-state index contributed by atoms with van der Waals surface area (Å²) in [5, 5.41) is 17.8. The Kier molecular flexibility index (Phi) is 4.15. The maximum Gasteiger partial charge on any atom is 0.335 e. The molecule has 0 unspecified atom stereocenters. The van der Waals surface area contributed by atoms with Gasteiger partial charge in [0.2, 0.25) is 10.0 Å². The molecule has 0 aliphatic heterocycles. The van der Waals surface area contributed by atoms with E-state index >= 15 is 0 Å². The normalized spacial score (nSPS) is 10.7. The van der Waals surface area contributed by atoms with Crippen LogP contribution in [0.4, 0.5) is 11.4 Å². The van der Waals surface area contributed by atoms with Crippen LogP contribution in [-0.4, -0.2) is 25.7 Å². The number of nitriles is 1. The molecule has 2 rings (SSSR count). The minimum absolute atomic E-state index is 0.0141. The summed E-state index contributed by atoms with van der Waals surface area (Å²) in [5.74, 6) is -1.14. The molecule has 1 N–H and O–H groups in total. The molecule has 7 heteroatoms. The van der Waals surface area contributed by atoms with Gasteiger partial charge < -0.3 is 5.11 Å². The van der Waals surface area contributed by atoms with Gasteiger partial charge in [0.1, 0.15) is 0 Å². The Hall–Kier alpha value is -2.85. The largest absolute Gasteiger partial charge is 0.478 e. The summed E-state index contributed by atoms with van der Waals surface area (Å²) in [7, 11) is -3.68. The second-order valence-corrected chi connectivity index (χ2v) is 6.37. The summed E-state index contributed by atoms with van der Waals surface area (Å²) in [5.41, 5.74) is 0.924. The summed E-state index contributed by atoms with van der Waals surface area (Å²) in [6.07, 6.45) is 1.03. The highest BCUT2D eigenvalue weighted by atomic mass is 32.2. The zero-order chi connectivity index (χ0) is 16.3. The van der Waals surface area contributed by atoms with Crippen molar-refractivity contribution in [1.82, 2.24) is 0 Å². The lowest BCUT2D eigenvalue weighted by Crippen LogP contribution is -2.24. The van der Waals surface area contributed by atoms with Gasteiger partial charge in [0.05, 0.1) is 34.8 Å². The van der Waals surface area contributed by atoms with Crippen LogP contribution in [0, 0.1) is 11.3 Å². The fraction of sp³-hybridized carbons (Fsp3) is 0.0667. The molecular formula is C15H12N2O4S. The maximum absolute atomic E-state index is 12.1. The Bertz CT molecular complexity index is 852. The van der Waals surface area contributed by atoms with Crippen molar-refractivity contribution in [2.45, 2.75) is 0 Å². The van der Waals surface area contributed by atoms with Gasteiger partial charge in [-0.05, 0) is 42.5 Å². The minimum atomic E-state index is -3.68. The van der Waals surface area contributed by atoms with Gasteiger partial charge in [0.25, 0.3) is 0 Å². The molecular weight excluding hydrogens is 304 g/mol. The Labute approximate surface area is 127 Å². The van der Waals surface area contributed by atoms with Gasteiger partial charge in [0.15, 0.2) is 0 Å². The first-order chi connectivity index (χ1) is 10.3. The number of carboxylic acids is 1. The average Bonchev–Trinajstić information content (AvgIpc) is 2.47. The van der Waals surface area contributed by atoms with Crippen LogP contribution in [-0.2, 0) is 10.0 Å². The van der Waals surface area contributed by atoms with Gasteiger partial charge in [-0.25, -0.2) is 17.5 Å². The van der Waals surface area contributed by atoms with Gasteiger partial charge >= 0.3 is 5.97 Å². The Morgan fingerprint density at radius 2 is 1.77 bits per heavy atom. The third-order valence-corrected chi connectivity index (χ3v) is 3.98. The second kappa shape index (κ2) is 5.87. The molecule has 0 heterocycles. The minimum Gasteiger partial charge on any atom is -0.478 e. The second-order valence-electron chi connectivity index (χ2n) is 4.54. The number of carbonyl (C=O) groups is 1. The monoisotopic (exact) mass is 316 g/mol. The molecule has 0 bridgehead atoms. The fourth-order valence-corrected chi connectivity index (χ4v) is 2.97. The molecule has 0 aliphatic rings. The van der Waals surface area contributed by atoms with Gasteiger partial charge in [-0.2, -0.15) is 5.26 Å². The van der Waals surface area contributed by atoms with Crippen molar-refractivity contribution in [1.29, 1.82) is 5.26 Å². The quantitative estimate of drug-likeness (QED) is 0.933. The van der Waals surface area contributed by atoms with E-state index in [9.17, 15) is 13.2 Å². The predicted octanol–water partition coefficient (Wildman–Crippen LogP) is 2.35. The number of carboxylic acid groups (broad SMARTS) is 1. The van der Waals surface area contributed by atoms with E-state index in [1.165, 1.54) is 48.5 Å². The third kappa shape index (κ3) is 3.24. The van der Waals surface area contributed by atoms with Gasteiger partial charge in [-0.3, -0.25) is 0 Å². The zero-order valence-corrected chi connectivity index (χ0v) is 12.4. The van der Waals surface area contributed by atoms with Crippen molar-refractivity contribution in [3.05, 3.63) is 59.7 Å². The fourth-order valence-electron chi connectivity index (χ4n) is 1.97. The number of hydrogen-bond donors (Lipinski definition) is 1. The van der Waals surface area contributed by atoms with Crippen LogP contribution >= 0.6 is 0 Å². The van der Waals surface area contributed by atoms with Crippen LogP contribution in [0.3, 0.4) is 0 Å². The van der Waals surface area contributed by atoms with Crippen molar-refractivity contribution in [2.75, 3.05) is 10.6 Å². The molecule has 6 nitrogen and oxygen atoms in total. The summed E-state index contributed by atoms with van der Waals surface area (Å²) >= 11 is 0. The summed E-state index contributed by atoms with van der Waals surface area (Å²) in [6.45, 7) is 0. The van der Waals surface area contributed by atoms with E-state index in [1.54, 1.807) is 0 Å². The highest BCUT2D eigenvalue weighted by molar-refractivity contribution is 7.92. The highest BCUT2D eigenvalue weighted by Crippen LogP contribution is 2.29. The molecule has 0 spiro atoms. The van der Waals surface area contributed by atoms with Crippen LogP contribution < -0.4 is 4.31 Å². The number of benzene rings is 2. The Balaban J connectivity index is 2.59. The molecule has 0 aromatic heterocycles. The van der Waals surface area contributed by atoms with E-state index in [4.69, 9.17) is 10.4 Å². The lowest BCUT2D eigenvalue weighted by atomic mass is 10.2. The van der Waals surface area contributed by atoms with E-state index in [2.05, 4.69) is 0 Å². The molecule has 2 aromatic carbocycles. The standard InChI is InChI=1S/C15H12N2O4S/c1-22(20,21)17(13-7-5-11(10-16)6-8-13)14-4-2-3-12(9-14)15(18)19/h2-9H,1H3,(H,18,19). The average molecular weight is 316 g/mol. The lowest BCUT2D eigenvalue weighted by Gasteiger charge is -2.22. The molecule has 0 radical (unpaired) electrons. The molecule has 0 saturated carbocycles. The molecule has 0 fully saturated rings. The number of nitrogens with zero attached hydrogens (tertiary/aromatic N) is 2. The molecule has 0 saturated heterocycles. The first-order valence-corrected chi connectivity index (χ1v) is 8.01. The topological polar surface area (TPSA) is 98.5 Å². The van der Waals surface area contributed by atoms with Crippen LogP contribution in [0.15, 0.2) is 48.5 Å². The first kappa shape index (κ1) is 15.5. The number of anilines is 2. The van der Waals surface area contributed by atoms with Crippen LogP contribution in [0.1, 0.15) is 15.9 Å². The third-order valence-electron chi connectivity index (χ3n) is 2.89. The van der Waals surface area contributed by atoms with Crippen molar-refractivity contribution >= 4 is 27.4 Å². The Morgan fingerprint density at radius 3 is 2.27 bits per heavy atom. The van der Waals surface area contributed by atoms with E-state index < -0.39 is 16.0 Å². The summed E-state index contributed by atoms with van der Waals surface area (Å²) in [6, 6.07) is 13.6. The van der Waals surface area contributed by atoms with Crippen LogP contribution in [0.25, 0.3) is 0 Å². The van der Waals surface area contributed by atoms with Crippen molar-refractivity contribution in [2.24, 2.45) is 0 Å². The molecule has 0 atom stereocenters. The van der Waals surface area contributed by atoms with E-state index in [-0.39, 0.29) is 11.3 Å². The zero-order valence-electron chi connectivity index (χ0n) is 11.6. The van der Waals surface area contributed by atoms with E-state index in [0.29, 0.717) is 11.3 Å². The highest BCUT2D eigenvalue weighted by Gasteiger charge is 2.20. The number of sulfonamides is 1. The molecule has 112 valence electrons. The molecule has 0 amide bonds. The van der Waals surface area contributed by atoms with Crippen LogP contribution in [0.2, 0.25) is 0 Å². The van der Waals surface area contributed by atoms with Crippen LogP contribution in [0.5, 0.6) is 0 Å². The summed E-state index contributed by atoms with van der Waals surface area (Å²) < 4.78 is 25.2. The van der Waals surface area contributed by atoms with Crippen molar-refractivity contribution in [3.63, 3.8) is 0 Å². The molecule has 0 aliphatic carbocycles. The van der Waals surface area contributed by atoms with Gasteiger partial charge in [0, 0.05) is 0 Å². The number of aromatic carboxylic acids is 1. The molecule has 22 heavy (non-hydrogen) atoms. The first-order valence-electron chi connectivity index (χ1n) is 6.17. The smallest absolute Gasteiger partial charge is 0.335 e. The Morgan fingerprint density at radius 1 is 1.14 bits per heavy atom. The van der Waals surface area contributed by atoms with E-state index in [1.807, 2.05) is 6.07 Å². The maximum atomic E-state index is 12.1. The van der Waals surface area contributed by atoms with Crippen molar-refractivity contribution in [3.8, 4) is 6.07 Å².